The van der Waals surface area contributed by atoms with Gasteiger partial charge >= 0.3 is 0 Å². The number of hydrogen-bond donors (Lipinski definition) is 1. The lowest BCUT2D eigenvalue weighted by atomic mass is 9.89. The molecule has 2 atom stereocenters. The fourth-order valence-electron chi connectivity index (χ4n) is 3.44. The minimum atomic E-state index is 0.0254. The number of nitrogens with two attached hydrogens (primary N) is 1. The minimum absolute atomic E-state index is 0.0254. The molecule has 0 radical (unpaired) electrons. The first-order valence-electron chi connectivity index (χ1n) is 8.10. The molecular formula is C17H23N5O. The molecule has 1 amide bonds. The van der Waals surface area contributed by atoms with Gasteiger partial charge in [0.15, 0.2) is 0 Å². The van der Waals surface area contributed by atoms with Crippen LogP contribution in [-0.4, -0.2) is 44.9 Å². The van der Waals surface area contributed by atoms with Crippen LogP contribution in [0.4, 0.5) is 0 Å². The van der Waals surface area contributed by atoms with Crippen LogP contribution in [0.3, 0.4) is 0 Å². The van der Waals surface area contributed by atoms with Crippen molar-refractivity contribution in [3.63, 3.8) is 0 Å². The standard InChI is InChI=1S/C17H23N5O/c1-12-6-4-10-21(15(12)11-18)17(23)16-13(2)5-3-7-14(16)22-19-8-9-20-22/h3,5,7-9,12,15H,4,6,10-11,18H2,1-2H3/t12-,15-/m1/s1. The van der Waals surface area contributed by atoms with Gasteiger partial charge in [0.1, 0.15) is 0 Å². The highest BCUT2D eigenvalue weighted by atomic mass is 16.2. The van der Waals surface area contributed by atoms with E-state index < -0.39 is 0 Å². The van der Waals surface area contributed by atoms with Crippen LogP contribution in [0.1, 0.15) is 35.7 Å². The topological polar surface area (TPSA) is 77.0 Å². The maximum atomic E-state index is 13.3. The molecule has 2 aromatic rings. The van der Waals surface area contributed by atoms with E-state index in [1.165, 1.54) is 4.80 Å². The highest BCUT2D eigenvalue weighted by Crippen LogP contribution is 2.27. The summed E-state index contributed by atoms with van der Waals surface area (Å²) in [7, 11) is 0. The van der Waals surface area contributed by atoms with Crippen molar-refractivity contribution in [3.8, 4) is 5.69 Å². The Morgan fingerprint density at radius 1 is 1.35 bits per heavy atom. The van der Waals surface area contributed by atoms with E-state index in [0.29, 0.717) is 23.7 Å². The van der Waals surface area contributed by atoms with Gasteiger partial charge in [-0.25, -0.2) is 0 Å². The number of likely N-dealkylation sites (tertiary alicyclic amines) is 1. The van der Waals surface area contributed by atoms with Crippen LogP contribution in [0.15, 0.2) is 30.6 Å². The third-order valence-electron chi connectivity index (χ3n) is 4.72. The van der Waals surface area contributed by atoms with E-state index >= 15 is 0 Å². The number of hydrogen-bond acceptors (Lipinski definition) is 4. The molecule has 23 heavy (non-hydrogen) atoms. The molecule has 0 unspecified atom stereocenters. The van der Waals surface area contributed by atoms with E-state index in [2.05, 4.69) is 17.1 Å². The quantitative estimate of drug-likeness (QED) is 0.937. The zero-order valence-electron chi connectivity index (χ0n) is 13.6. The largest absolute Gasteiger partial charge is 0.334 e. The fraction of sp³-hybridized carbons (Fsp3) is 0.471. The molecule has 0 saturated carbocycles. The second-order valence-electron chi connectivity index (χ2n) is 6.21. The summed E-state index contributed by atoms with van der Waals surface area (Å²) in [5, 5.41) is 8.36. The molecular weight excluding hydrogens is 290 g/mol. The highest BCUT2D eigenvalue weighted by molar-refractivity contribution is 5.99. The third-order valence-corrected chi connectivity index (χ3v) is 4.72. The summed E-state index contributed by atoms with van der Waals surface area (Å²) in [6, 6.07) is 5.84. The smallest absolute Gasteiger partial charge is 0.256 e. The number of aryl methyl sites for hydroxylation is 1. The summed E-state index contributed by atoms with van der Waals surface area (Å²) in [6.07, 6.45) is 5.36. The predicted octanol–water partition coefficient (Wildman–Crippen LogP) is 1.78. The summed E-state index contributed by atoms with van der Waals surface area (Å²) in [6.45, 7) is 5.37. The van der Waals surface area contributed by atoms with E-state index in [-0.39, 0.29) is 11.9 Å². The van der Waals surface area contributed by atoms with Crippen LogP contribution in [0.25, 0.3) is 5.69 Å². The molecule has 1 saturated heterocycles. The molecule has 2 heterocycles. The predicted molar refractivity (Wildman–Crippen MR) is 88.4 cm³/mol. The summed E-state index contributed by atoms with van der Waals surface area (Å²) in [4.78, 5) is 16.7. The summed E-state index contributed by atoms with van der Waals surface area (Å²) in [5.74, 6) is 0.449. The summed E-state index contributed by atoms with van der Waals surface area (Å²) in [5.41, 5.74) is 8.26. The SMILES string of the molecule is Cc1cccc(-n2nccn2)c1C(=O)N1CCC[C@@H](C)[C@H]1CN. The molecule has 1 aliphatic rings. The van der Waals surface area contributed by atoms with Crippen molar-refractivity contribution in [2.24, 2.45) is 11.7 Å². The Morgan fingerprint density at radius 2 is 2.09 bits per heavy atom. The fourth-order valence-corrected chi connectivity index (χ4v) is 3.44. The molecule has 1 aliphatic heterocycles. The monoisotopic (exact) mass is 313 g/mol. The second kappa shape index (κ2) is 6.50. The number of rotatable bonds is 3. The van der Waals surface area contributed by atoms with Gasteiger partial charge in [-0.15, -0.1) is 0 Å². The molecule has 6 heteroatoms. The number of benzene rings is 1. The lowest BCUT2D eigenvalue weighted by molar-refractivity contribution is 0.0531. The Labute approximate surface area is 136 Å². The van der Waals surface area contributed by atoms with Gasteiger partial charge in [-0.05, 0) is 37.3 Å². The number of aromatic nitrogens is 3. The minimum Gasteiger partial charge on any atom is -0.334 e. The number of nitrogens with zero attached hydrogens (tertiary/aromatic N) is 4. The van der Waals surface area contributed by atoms with Gasteiger partial charge in [0, 0.05) is 19.1 Å². The van der Waals surface area contributed by atoms with Crippen molar-refractivity contribution in [2.75, 3.05) is 13.1 Å². The summed E-state index contributed by atoms with van der Waals surface area (Å²) >= 11 is 0. The van der Waals surface area contributed by atoms with Crippen LogP contribution in [0.2, 0.25) is 0 Å². The first-order valence-corrected chi connectivity index (χ1v) is 8.10. The molecule has 1 aromatic carbocycles. The molecule has 3 rings (SSSR count). The van der Waals surface area contributed by atoms with Gasteiger partial charge in [-0.1, -0.05) is 19.1 Å². The van der Waals surface area contributed by atoms with Gasteiger partial charge in [0.25, 0.3) is 5.91 Å². The number of carbonyl (C=O) groups excluding carboxylic acids is 1. The first kappa shape index (κ1) is 15.7. The van der Waals surface area contributed by atoms with Crippen LogP contribution in [-0.2, 0) is 0 Å². The Morgan fingerprint density at radius 3 is 2.78 bits per heavy atom. The molecule has 1 fully saturated rings. The normalized spacial score (nSPS) is 21.4. The molecule has 1 aromatic heterocycles. The molecule has 122 valence electrons. The van der Waals surface area contributed by atoms with Gasteiger partial charge < -0.3 is 10.6 Å². The maximum absolute atomic E-state index is 13.3. The van der Waals surface area contributed by atoms with Crippen LogP contribution in [0, 0.1) is 12.8 Å². The zero-order valence-corrected chi connectivity index (χ0v) is 13.6. The molecule has 6 nitrogen and oxygen atoms in total. The summed E-state index contributed by atoms with van der Waals surface area (Å²) < 4.78 is 0. The Kier molecular flexibility index (Phi) is 4.43. The average molecular weight is 313 g/mol. The van der Waals surface area contributed by atoms with Crippen molar-refractivity contribution in [1.29, 1.82) is 0 Å². The van der Waals surface area contributed by atoms with E-state index in [0.717, 1.165) is 24.9 Å². The van der Waals surface area contributed by atoms with Crippen LogP contribution in [0.5, 0.6) is 0 Å². The van der Waals surface area contributed by atoms with Gasteiger partial charge in [-0.2, -0.15) is 15.0 Å². The average Bonchev–Trinajstić information content (AvgIpc) is 3.08. The van der Waals surface area contributed by atoms with Crippen molar-refractivity contribution < 1.29 is 4.79 Å². The number of carbonyl (C=O) groups is 1. The Balaban J connectivity index is 2.02. The molecule has 2 N–H and O–H groups in total. The first-order chi connectivity index (χ1) is 11.1. The number of piperidine rings is 1. The van der Waals surface area contributed by atoms with Crippen molar-refractivity contribution >= 4 is 5.91 Å². The van der Waals surface area contributed by atoms with Crippen molar-refractivity contribution in [2.45, 2.75) is 32.7 Å². The Hall–Kier alpha value is -2.21. The van der Waals surface area contributed by atoms with Crippen molar-refractivity contribution in [3.05, 3.63) is 41.7 Å². The molecule has 0 spiro atoms. The van der Waals surface area contributed by atoms with E-state index in [9.17, 15) is 4.79 Å². The lowest BCUT2D eigenvalue weighted by Crippen LogP contribution is -2.51. The van der Waals surface area contributed by atoms with Gasteiger partial charge in [0.2, 0.25) is 0 Å². The maximum Gasteiger partial charge on any atom is 0.256 e. The van der Waals surface area contributed by atoms with Crippen molar-refractivity contribution in [1.82, 2.24) is 19.9 Å². The van der Waals surface area contributed by atoms with Crippen LogP contribution < -0.4 is 5.73 Å². The van der Waals surface area contributed by atoms with E-state index in [1.807, 2.05) is 30.0 Å². The molecule has 0 aliphatic carbocycles. The van der Waals surface area contributed by atoms with E-state index in [4.69, 9.17) is 5.73 Å². The second-order valence-corrected chi connectivity index (χ2v) is 6.21. The number of amides is 1. The van der Waals surface area contributed by atoms with Gasteiger partial charge in [-0.3, -0.25) is 4.79 Å². The zero-order chi connectivity index (χ0) is 16.4. The van der Waals surface area contributed by atoms with Crippen LogP contribution >= 0.6 is 0 Å². The van der Waals surface area contributed by atoms with Gasteiger partial charge in [0.05, 0.1) is 23.6 Å². The Bertz CT molecular complexity index is 682. The lowest BCUT2D eigenvalue weighted by Gasteiger charge is -2.40. The highest BCUT2D eigenvalue weighted by Gasteiger charge is 2.33. The third kappa shape index (κ3) is 2.86. The van der Waals surface area contributed by atoms with E-state index in [1.54, 1.807) is 12.4 Å². The molecule has 0 bridgehead atoms.